The van der Waals surface area contributed by atoms with Crippen LogP contribution in [-0.2, 0) is 0 Å². The van der Waals surface area contributed by atoms with E-state index in [-0.39, 0.29) is 0 Å². The van der Waals surface area contributed by atoms with Crippen LogP contribution in [0.25, 0.3) is 0 Å². The largest absolute Gasteiger partial charge is 0.372 e. The van der Waals surface area contributed by atoms with E-state index in [9.17, 15) is 0 Å². The highest BCUT2D eigenvalue weighted by Crippen LogP contribution is 2.26. The zero-order chi connectivity index (χ0) is 12.7. The fourth-order valence-electron chi connectivity index (χ4n) is 2.92. The van der Waals surface area contributed by atoms with Crippen LogP contribution in [-0.4, -0.2) is 30.6 Å². The van der Waals surface area contributed by atoms with Gasteiger partial charge in [-0.15, -0.1) is 0 Å². The second-order valence-electron chi connectivity index (χ2n) is 4.83. The fourth-order valence-corrected chi connectivity index (χ4v) is 2.92. The third-order valence-corrected chi connectivity index (χ3v) is 3.93. The molecule has 0 aromatic carbocycles. The Morgan fingerprint density at radius 3 is 2.35 bits per heavy atom. The van der Waals surface area contributed by atoms with Gasteiger partial charge in [-0.2, -0.15) is 0 Å². The molecule has 1 saturated carbocycles. The topological polar surface area (TPSA) is 15.3 Å². The summed E-state index contributed by atoms with van der Waals surface area (Å²) in [6.45, 7) is 9.43. The van der Waals surface area contributed by atoms with Crippen molar-refractivity contribution in [2.45, 2.75) is 58.0 Å². The third kappa shape index (κ3) is 3.88. The first kappa shape index (κ1) is 14.3. The van der Waals surface area contributed by atoms with Gasteiger partial charge >= 0.3 is 0 Å². The van der Waals surface area contributed by atoms with E-state index >= 15 is 0 Å². The van der Waals surface area contributed by atoms with Crippen LogP contribution in [0.3, 0.4) is 0 Å². The average Bonchev–Trinajstić information content (AvgIpc) is 2.39. The summed E-state index contributed by atoms with van der Waals surface area (Å²) in [7, 11) is 2.08. The monoisotopic (exact) mass is 236 g/mol. The SMILES string of the molecule is C=C/C=C(\CC)N(CC)C1CCC(NC)CC1. The van der Waals surface area contributed by atoms with Gasteiger partial charge in [-0.3, -0.25) is 0 Å². The lowest BCUT2D eigenvalue weighted by Gasteiger charge is -2.39. The highest BCUT2D eigenvalue weighted by atomic mass is 15.2. The maximum atomic E-state index is 3.82. The van der Waals surface area contributed by atoms with Crippen molar-refractivity contribution in [3.8, 4) is 0 Å². The Hall–Kier alpha value is -0.760. The molecule has 0 spiro atoms. The number of nitrogens with zero attached hydrogens (tertiary/aromatic N) is 1. The second-order valence-corrected chi connectivity index (χ2v) is 4.83. The van der Waals surface area contributed by atoms with Gasteiger partial charge < -0.3 is 10.2 Å². The normalized spacial score (nSPS) is 25.7. The van der Waals surface area contributed by atoms with Crippen molar-refractivity contribution < 1.29 is 0 Å². The predicted octanol–water partition coefficient (Wildman–Crippen LogP) is 3.32. The van der Waals surface area contributed by atoms with Crippen LogP contribution in [0.4, 0.5) is 0 Å². The van der Waals surface area contributed by atoms with E-state index in [1.807, 2.05) is 6.08 Å². The Kier molecular flexibility index (Phi) is 6.35. The Morgan fingerprint density at radius 1 is 1.29 bits per heavy atom. The first-order valence-corrected chi connectivity index (χ1v) is 7.02. The molecule has 0 atom stereocenters. The lowest BCUT2D eigenvalue weighted by Crippen LogP contribution is -2.41. The van der Waals surface area contributed by atoms with Crippen molar-refractivity contribution in [3.63, 3.8) is 0 Å². The van der Waals surface area contributed by atoms with Crippen LogP contribution < -0.4 is 5.32 Å². The number of hydrogen-bond acceptors (Lipinski definition) is 2. The summed E-state index contributed by atoms with van der Waals surface area (Å²) in [5.41, 5.74) is 1.44. The van der Waals surface area contributed by atoms with Crippen LogP contribution >= 0.6 is 0 Å². The molecule has 0 aromatic heterocycles. The minimum Gasteiger partial charge on any atom is -0.372 e. The van der Waals surface area contributed by atoms with E-state index in [4.69, 9.17) is 0 Å². The quantitative estimate of drug-likeness (QED) is 0.712. The fraction of sp³-hybridized carbons (Fsp3) is 0.733. The Labute approximate surface area is 107 Å². The second kappa shape index (κ2) is 7.54. The first-order valence-electron chi connectivity index (χ1n) is 7.02. The molecular formula is C15H28N2. The minimum absolute atomic E-state index is 0.732. The Morgan fingerprint density at radius 2 is 1.94 bits per heavy atom. The molecule has 0 radical (unpaired) electrons. The van der Waals surface area contributed by atoms with Crippen molar-refractivity contribution >= 4 is 0 Å². The van der Waals surface area contributed by atoms with Crippen LogP contribution in [0.15, 0.2) is 24.4 Å². The van der Waals surface area contributed by atoms with E-state index < -0.39 is 0 Å². The highest BCUT2D eigenvalue weighted by molar-refractivity contribution is 5.10. The number of allylic oxidation sites excluding steroid dienone is 3. The summed E-state index contributed by atoms with van der Waals surface area (Å²) in [5, 5.41) is 3.40. The molecule has 1 fully saturated rings. The molecule has 2 heteroatoms. The van der Waals surface area contributed by atoms with Gasteiger partial charge in [0.15, 0.2) is 0 Å². The molecule has 1 N–H and O–H groups in total. The third-order valence-electron chi connectivity index (χ3n) is 3.93. The molecule has 17 heavy (non-hydrogen) atoms. The van der Waals surface area contributed by atoms with Crippen molar-refractivity contribution in [3.05, 3.63) is 24.4 Å². The molecular weight excluding hydrogens is 208 g/mol. The summed E-state index contributed by atoms with van der Waals surface area (Å²) in [4.78, 5) is 2.58. The standard InChI is InChI=1S/C15H28N2/c1-5-8-14(6-2)17(7-3)15-11-9-13(16-4)10-12-15/h5,8,13,15-16H,1,6-7,9-12H2,2-4H3/b14-8+. The van der Waals surface area contributed by atoms with Gasteiger partial charge in [0.2, 0.25) is 0 Å². The lowest BCUT2D eigenvalue weighted by atomic mass is 9.90. The van der Waals surface area contributed by atoms with Gasteiger partial charge in [0.25, 0.3) is 0 Å². The summed E-state index contributed by atoms with van der Waals surface area (Å²) >= 11 is 0. The minimum atomic E-state index is 0.732. The molecule has 1 aliphatic rings. The number of hydrogen-bond donors (Lipinski definition) is 1. The zero-order valence-electron chi connectivity index (χ0n) is 11.7. The molecule has 0 heterocycles. The smallest absolute Gasteiger partial charge is 0.0287 e. The van der Waals surface area contributed by atoms with Gasteiger partial charge in [-0.1, -0.05) is 19.6 Å². The van der Waals surface area contributed by atoms with Gasteiger partial charge in [-0.25, -0.2) is 0 Å². The molecule has 0 aromatic rings. The van der Waals surface area contributed by atoms with Gasteiger partial charge in [0.1, 0.15) is 0 Å². The molecule has 0 aliphatic heterocycles. The molecule has 0 amide bonds. The molecule has 1 rings (SSSR count). The molecule has 0 saturated heterocycles. The number of nitrogens with one attached hydrogen (secondary N) is 1. The summed E-state index contributed by atoms with van der Waals surface area (Å²) in [6.07, 6.45) is 10.4. The molecule has 0 unspecified atom stereocenters. The summed E-state index contributed by atoms with van der Waals surface area (Å²) < 4.78 is 0. The zero-order valence-corrected chi connectivity index (χ0v) is 11.7. The van der Waals surface area contributed by atoms with Crippen LogP contribution in [0, 0.1) is 0 Å². The van der Waals surface area contributed by atoms with Crippen molar-refractivity contribution in [2.24, 2.45) is 0 Å². The van der Waals surface area contributed by atoms with E-state index in [1.165, 1.54) is 31.4 Å². The van der Waals surface area contributed by atoms with E-state index in [1.54, 1.807) is 0 Å². The molecule has 2 nitrogen and oxygen atoms in total. The van der Waals surface area contributed by atoms with Crippen molar-refractivity contribution in [1.82, 2.24) is 10.2 Å². The molecule has 1 aliphatic carbocycles. The van der Waals surface area contributed by atoms with Crippen molar-refractivity contribution in [1.29, 1.82) is 0 Å². The van der Waals surface area contributed by atoms with E-state index in [0.29, 0.717) is 0 Å². The van der Waals surface area contributed by atoms with Gasteiger partial charge in [-0.05, 0) is 52.2 Å². The van der Waals surface area contributed by atoms with Crippen LogP contribution in [0.5, 0.6) is 0 Å². The Bertz CT molecular complexity index is 250. The summed E-state index contributed by atoms with van der Waals surface area (Å²) in [6, 6.07) is 1.47. The predicted molar refractivity (Wildman–Crippen MR) is 76.1 cm³/mol. The van der Waals surface area contributed by atoms with Gasteiger partial charge in [0.05, 0.1) is 0 Å². The first-order chi connectivity index (χ1) is 8.26. The Balaban J connectivity index is 2.62. The van der Waals surface area contributed by atoms with E-state index in [2.05, 4.69) is 43.8 Å². The maximum absolute atomic E-state index is 3.82. The highest BCUT2D eigenvalue weighted by Gasteiger charge is 2.24. The summed E-state index contributed by atoms with van der Waals surface area (Å²) in [5.74, 6) is 0. The van der Waals surface area contributed by atoms with E-state index in [0.717, 1.165) is 25.0 Å². The van der Waals surface area contributed by atoms with Crippen LogP contribution in [0.2, 0.25) is 0 Å². The number of rotatable bonds is 6. The van der Waals surface area contributed by atoms with Crippen LogP contribution in [0.1, 0.15) is 46.0 Å². The van der Waals surface area contributed by atoms with Gasteiger partial charge in [0, 0.05) is 24.3 Å². The lowest BCUT2D eigenvalue weighted by molar-refractivity contribution is 0.187. The average molecular weight is 236 g/mol. The molecule has 98 valence electrons. The van der Waals surface area contributed by atoms with Crippen molar-refractivity contribution in [2.75, 3.05) is 13.6 Å². The maximum Gasteiger partial charge on any atom is 0.0287 e. The molecule has 0 bridgehead atoms.